The van der Waals surface area contributed by atoms with Crippen LogP contribution in [0.1, 0.15) is 36.8 Å². The van der Waals surface area contributed by atoms with Crippen molar-refractivity contribution in [2.45, 2.75) is 37.5 Å². The summed E-state index contributed by atoms with van der Waals surface area (Å²) >= 11 is 8.72. The molecule has 1 saturated heterocycles. The molecule has 1 aromatic heterocycles. The van der Waals surface area contributed by atoms with Crippen LogP contribution >= 0.6 is 34.7 Å². The molecule has 11 nitrogen and oxygen atoms in total. The van der Waals surface area contributed by atoms with Gasteiger partial charge in [-0.3, -0.25) is 19.3 Å². The fraction of sp³-hybridized carbons (Fsp3) is 0.267. The summed E-state index contributed by atoms with van der Waals surface area (Å²) in [6, 6.07) is 17.7. The van der Waals surface area contributed by atoms with Crippen molar-refractivity contribution in [2.75, 3.05) is 16.9 Å². The van der Waals surface area contributed by atoms with Gasteiger partial charge in [-0.25, -0.2) is 9.78 Å². The summed E-state index contributed by atoms with van der Waals surface area (Å²) in [4.78, 5) is 62.4. The van der Waals surface area contributed by atoms with E-state index in [1.54, 1.807) is 13.8 Å². The topological polar surface area (TPSA) is 139 Å². The highest BCUT2D eigenvalue weighted by Gasteiger charge is 2.55. The van der Waals surface area contributed by atoms with E-state index >= 15 is 0 Å². The van der Waals surface area contributed by atoms with Crippen LogP contribution in [0.4, 0.5) is 5.13 Å². The number of hydrogen-bond acceptors (Lipinski definition) is 10. The van der Waals surface area contributed by atoms with Crippen molar-refractivity contribution < 1.29 is 28.8 Å². The van der Waals surface area contributed by atoms with Gasteiger partial charge < -0.3 is 20.2 Å². The zero-order chi connectivity index (χ0) is 31.2. The van der Waals surface area contributed by atoms with E-state index in [-0.39, 0.29) is 34.2 Å². The molecule has 2 aliphatic rings. The maximum atomic E-state index is 13.8. The van der Waals surface area contributed by atoms with Gasteiger partial charge in [-0.1, -0.05) is 65.8 Å². The third-order valence-corrected chi connectivity index (χ3v) is 9.05. The number of carbonyl (C=O) groups excluding carboxylic acids is 4. The van der Waals surface area contributed by atoms with Gasteiger partial charge >= 0.3 is 5.97 Å². The molecule has 3 amide bonds. The number of nitrogens with zero attached hydrogens (tertiary/aromatic N) is 3. The highest BCUT2D eigenvalue weighted by atomic mass is 35.5. The number of carbonyl (C=O) groups is 4. The van der Waals surface area contributed by atoms with E-state index in [0.717, 1.165) is 22.5 Å². The zero-order valence-corrected chi connectivity index (χ0v) is 26.0. The van der Waals surface area contributed by atoms with Gasteiger partial charge in [0.15, 0.2) is 16.9 Å². The Morgan fingerprint density at radius 3 is 2.39 bits per heavy atom. The summed E-state index contributed by atoms with van der Waals surface area (Å²) in [7, 11) is 0. The predicted molar refractivity (Wildman–Crippen MR) is 168 cm³/mol. The van der Waals surface area contributed by atoms with Crippen LogP contribution in [0.5, 0.6) is 0 Å². The van der Waals surface area contributed by atoms with Crippen LogP contribution in [0.25, 0.3) is 0 Å². The molecule has 2 atom stereocenters. The van der Waals surface area contributed by atoms with Gasteiger partial charge in [-0.15, -0.1) is 34.7 Å². The first-order chi connectivity index (χ1) is 21.3. The average Bonchev–Trinajstić information content (AvgIpc) is 3.50. The zero-order valence-electron chi connectivity index (χ0n) is 23.6. The van der Waals surface area contributed by atoms with Gasteiger partial charge in [0.05, 0.1) is 0 Å². The Hall–Kier alpha value is -4.20. The van der Waals surface area contributed by atoms with Crippen molar-refractivity contribution in [3.8, 4) is 0 Å². The maximum Gasteiger partial charge on any atom is 0.356 e. The molecule has 0 radical (unpaired) electrons. The monoisotopic (exact) mass is 653 g/mol. The fourth-order valence-corrected chi connectivity index (χ4v) is 6.93. The molecule has 1 fully saturated rings. The minimum absolute atomic E-state index is 0.0244. The molecule has 3 aromatic rings. The molecule has 5 rings (SSSR count). The molecule has 2 aliphatic heterocycles. The third kappa shape index (κ3) is 6.64. The molecule has 0 aliphatic carbocycles. The lowest BCUT2D eigenvalue weighted by molar-refractivity contribution is -0.154. The van der Waals surface area contributed by atoms with E-state index in [2.05, 4.69) is 20.8 Å². The predicted octanol–water partition coefficient (Wildman–Crippen LogP) is 4.07. The molecule has 14 heteroatoms. The molecule has 0 bridgehead atoms. The second kappa shape index (κ2) is 14.1. The molecule has 2 aromatic carbocycles. The molecule has 1 unspecified atom stereocenters. The minimum Gasteiger partial charge on any atom is -0.448 e. The molecule has 228 valence electrons. The fourth-order valence-electron chi connectivity index (χ4n) is 4.59. The largest absolute Gasteiger partial charge is 0.448 e. The van der Waals surface area contributed by atoms with E-state index in [0.29, 0.717) is 17.7 Å². The number of halogens is 1. The number of fused-ring (bicyclic) bond motifs is 1. The lowest BCUT2D eigenvalue weighted by Gasteiger charge is -2.49. The van der Waals surface area contributed by atoms with Gasteiger partial charge in [0, 0.05) is 17.0 Å². The number of amides is 3. The van der Waals surface area contributed by atoms with Gasteiger partial charge in [-0.05, 0) is 30.5 Å². The van der Waals surface area contributed by atoms with Gasteiger partial charge in [0.1, 0.15) is 28.9 Å². The highest BCUT2D eigenvalue weighted by molar-refractivity contribution is 8.00. The molecular formula is C30H28ClN5O6S2. The maximum absolute atomic E-state index is 13.8. The molecular weight excluding hydrogens is 626 g/mol. The summed E-state index contributed by atoms with van der Waals surface area (Å²) in [6.07, 6.45) is -0.577. The smallest absolute Gasteiger partial charge is 0.356 e. The number of oxime groups is 1. The molecule has 0 saturated carbocycles. The summed E-state index contributed by atoms with van der Waals surface area (Å²) in [5.41, 5.74) is 2.18. The Labute approximate surface area is 266 Å². The Balaban J connectivity index is 1.36. The minimum atomic E-state index is -0.957. The molecule has 3 heterocycles. The Morgan fingerprint density at radius 2 is 1.80 bits per heavy atom. The number of alkyl halides is 1. The SMILES string of the molecule is CC(C)ON=C(C(=O)NC1C(=O)N2C(C(=O)OC(c3ccccc3)c3ccccc3)=C(CCl)CS[C@@H]12)c1csc(NC=O)n1. The van der Waals surface area contributed by atoms with E-state index in [4.69, 9.17) is 21.2 Å². The summed E-state index contributed by atoms with van der Waals surface area (Å²) in [5.74, 6) is -1.49. The number of thiazole rings is 1. The number of hydrogen-bond donors (Lipinski definition) is 2. The Kier molecular flexibility index (Phi) is 9.98. The normalized spacial score (nSPS) is 18.1. The van der Waals surface area contributed by atoms with E-state index in [1.165, 1.54) is 22.0 Å². The first-order valence-electron chi connectivity index (χ1n) is 13.6. The Bertz CT molecular complexity index is 1560. The second-order valence-corrected chi connectivity index (χ2v) is 12.2. The number of rotatable bonds is 12. The number of β-lactam (4-membered cyclic amide) rings is 1. The quantitative estimate of drug-likeness (QED) is 0.0745. The molecule has 0 spiro atoms. The second-order valence-electron chi connectivity index (χ2n) is 9.95. The van der Waals surface area contributed by atoms with Crippen LogP contribution < -0.4 is 10.6 Å². The molecule has 44 heavy (non-hydrogen) atoms. The van der Waals surface area contributed by atoms with Crippen LogP contribution in [0.15, 0.2) is 82.5 Å². The first-order valence-corrected chi connectivity index (χ1v) is 16.0. The number of aromatic nitrogens is 1. The van der Waals surface area contributed by atoms with Crippen LogP contribution in [0.2, 0.25) is 0 Å². The van der Waals surface area contributed by atoms with Crippen molar-refractivity contribution in [3.05, 3.63) is 94.1 Å². The Morgan fingerprint density at radius 1 is 1.14 bits per heavy atom. The van der Waals surface area contributed by atoms with Crippen LogP contribution in [0, 0.1) is 0 Å². The van der Waals surface area contributed by atoms with Crippen LogP contribution in [-0.2, 0) is 28.8 Å². The summed E-state index contributed by atoms with van der Waals surface area (Å²) < 4.78 is 6.06. The summed E-state index contributed by atoms with van der Waals surface area (Å²) in [6.45, 7) is 3.49. The lowest BCUT2D eigenvalue weighted by atomic mass is 10.0. The average molecular weight is 654 g/mol. The molecule has 2 N–H and O–H groups in total. The number of thioether (sulfide) groups is 1. The van der Waals surface area contributed by atoms with Crippen molar-refractivity contribution in [1.29, 1.82) is 0 Å². The number of nitrogens with one attached hydrogen (secondary N) is 2. The van der Waals surface area contributed by atoms with Crippen molar-refractivity contribution in [1.82, 2.24) is 15.2 Å². The van der Waals surface area contributed by atoms with Crippen molar-refractivity contribution >= 4 is 69.7 Å². The van der Waals surface area contributed by atoms with Gasteiger partial charge in [0.2, 0.25) is 6.41 Å². The summed E-state index contributed by atoms with van der Waals surface area (Å²) in [5, 5.41) is 10.3. The van der Waals surface area contributed by atoms with E-state index in [1.807, 2.05) is 60.7 Å². The number of benzene rings is 2. The highest BCUT2D eigenvalue weighted by Crippen LogP contribution is 2.42. The van der Waals surface area contributed by atoms with Gasteiger partial charge in [0.25, 0.3) is 11.8 Å². The van der Waals surface area contributed by atoms with Crippen LogP contribution in [0.3, 0.4) is 0 Å². The van der Waals surface area contributed by atoms with Crippen molar-refractivity contribution in [3.63, 3.8) is 0 Å². The van der Waals surface area contributed by atoms with E-state index in [9.17, 15) is 19.2 Å². The standard InChI is InChI=1S/C30H28ClN5O6S2/c1-17(2)42-35-22(21-15-44-30(33-21)32-16-37)26(38)34-23-27(39)36-24(20(13-31)14-43-28(23)36)29(40)41-25(18-9-5-3-6-10-18)19-11-7-4-8-12-19/h3-12,15-17,23,25,28H,13-14H2,1-2H3,(H,34,38)(H,32,33,37)/t23?,28-/m0/s1. The number of anilines is 1. The first kappa shape index (κ1) is 31.2. The van der Waals surface area contributed by atoms with Gasteiger partial charge in [-0.2, -0.15) is 0 Å². The number of esters is 1. The lowest BCUT2D eigenvalue weighted by Crippen LogP contribution is -2.71. The van der Waals surface area contributed by atoms with E-state index < -0.39 is 35.3 Å². The van der Waals surface area contributed by atoms with Crippen molar-refractivity contribution in [2.24, 2.45) is 5.16 Å². The van der Waals surface area contributed by atoms with Crippen LogP contribution in [-0.4, -0.2) is 68.9 Å². The third-order valence-electron chi connectivity index (χ3n) is 6.62. The number of ether oxygens (including phenoxy) is 1.